The van der Waals surface area contributed by atoms with Crippen LogP contribution in [0.5, 0.6) is 11.5 Å². The molecule has 1 N–H and O–H groups in total. The third kappa shape index (κ3) is 5.11. The summed E-state index contributed by atoms with van der Waals surface area (Å²) in [5.74, 6) is 1.95. The number of amides is 1. The second kappa shape index (κ2) is 10.2. The fourth-order valence-electron chi connectivity index (χ4n) is 3.78. The Labute approximate surface area is 212 Å². The molecule has 1 atom stereocenters. The van der Waals surface area contributed by atoms with Crippen LogP contribution in [-0.4, -0.2) is 38.5 Å². The monoisotopic (exact) mass is 500 g/mol. The van der Waals surface area contributed by atoms with Gasteiger partial charge in [-0.05, 0) is 55.8 Å². The zero-order chi connectivity index (χ0) is 25.1. The largest absolute Gasteiger partial charge is 0.454 e. The van der Waals surface area contributed by atoms with Gasteiger partial charge in [0.05, 0.1) is 11.8 Å². The lowest BCUT2D eigenvalue weighted by Crippen LogP contribution is -2.23. The van der Waals surface area contributed by atoms with Crippen LogP contribution in [0.15, 0.2) is 78.0 Å². The Morgan fingerprint density at radius 3 is 2.50 bits per heavy atom. The minimum Gasteiger partial charge on any atom is -0.454 e. The predicted molar refractivity (Wildman–Crippen MR) is 138 cm³/mol. The van der Waals surface area contributed by atoms with Crippen LogP contribution in [0.1, 0.15) is 29.8 Å². The van der Waals surface area contributed by atoms with E-state index in [1.54, 1.807) is 24.3 Å². The number of anilines is 1. The van der Waals surface area contributed by atoms with E-state index in [1.165, 1.54) is 18.7 Å². The third-order valence-corrected chi connectivity index (χ3v) is 6.82. The van der Waals surface area contributed by atoms with E-state index in [-0.39, 0.29) is 18.5 Å². The first-order valence-corrected chi connectivity index (χ1v) is 12.3. The van der Waals surface area contributed by atoms with Crippen molar-refractivity contribution < 1.29 is 19.1 Å². The number of hydrogen-bond donors (Lipinski definition) is 1. The molecule has 9 heteroatoms. The molecule has 0 aliphatic carbocycles. The zero-order valence-electron chi connectivity index (χ0n) is 19.8. The minimum atomic E-state index is -0.444. The first kappa shape index (κ1) is 23.6. The van der Waals surface area contributed by atoms with Crippen LogP contribution < -0.4 is 14.8 Å². The highest BCUT2D eigenvalue weighted by Gasteiger charge is 2.22. The highest BCUT2D eigenvalue weighted by molar-refractivity contribution is 8.00. The van der Waals surface area contributed by atoms with Gasteiger partial charge in [-0.1, -0.05) is 48.2 Å². The number of Topliss-reactive ketones (excluding diaryl/α,β-unsaturated/α-hetero) is 1. The molecule has 0 unspecified atom stereocenters. The summed E-state index contributed by atoms with van der Waals surface area (Å²) >= 11 is 1.33. The number of nitrogens with one attached hydrogen (secondary N) is 1. The molecule has 0 bridgehead atoms. The highest BCUT2D eigenvalue weighted by Crippen LogP contribution is 2.34. The van der Waals surface area contributed by atoms with Gasteiger partial charge in [0.1, 0.15) is 0 Å². The van der Waals surface area contributed by atoms with Crippen LogP contribution in [0.3, 0.4) is 0 Å². The van der Waals surface area contributed by atoms with Crippen molar-refractivity contribution >= 4 is 29.1 Å². The number of hydrogen-bond acceptors (Lipinski definition) is 7. The second-order valence-electron chi connectivity index (χ2n) is 8.33. The quantitative estimate of drug-likeness (QED) is 0.267. The molecule has 1 aliphatic heterocycles. The van der Waals surface area contributed by atoms with Gasteiger partial charge in [-0.25, -0.2) is 0 Å². The van der Waals surface area contributed by atoms with Gasteiger partial charge in [0.2, 0.25) is 12.7 Å². The number of aromatic nitrogens is 3. The Morgan fingerprint density at radius 1 is 1.00 bits per heavy atom. The van der Waals surface area contributed by atoms with Gasteiger partial charge in [-0.15, -0.1) is 10.2 Å². The summed E-state index contributed by atoms with van der Waals surface area (Å²) in [6.45, 7) is 4.05. The molecular formula is C27H24N4O4S. The number of carbonyl (C=O) groups is 2. The summed E-state index contributed by atoms with van der Waals surface area (Å²) in [5, 5.41) is 12.0. The van der Waals surface area contributed by atoms with Crippen molar-refractivity contribution in [3.05, 3.63) is 83.9 Å². The molecule has 0 fully saturated rings. The lowest BCUT2D eigenvalue weighted by molar-refractivity contribution is -0.115. The van der Waals surface area contributed by atoms with E-state index in [0.717, 1.165) is 16.9 Å². The van der Waals surface area contributed by atoms with Gasteiger partial charge in [-0.3, -0.25) is 14.2 Å². The molecule has 0 saturated heterocycles. The van der Waals surface area contributed by atoms with Crippen molar-refractivity contribution in [3.8, 4) is 22.9 Å². The molecule has 0 spiro atoms. The molecule has 36 heavy (non-hydrogen) atoms. The molecule has 1 aromatic heterocycles. The van der Waals surface area contributed by atoms with Gasteiger partial charge in [0.25, 0.3) is 0 Å². The zero-order valence-corrected chi connectivity index (χ0v) is 20.6. The maximum absolute atomic E-state index is 12.9. The maximum atomic E-state index is 12.9. The molecule has 182 valence electrons. The summed E-state index contributed by atoms with van der Waals surface area (Å²) in [7, 11) is 0. The Morgan fingerprint density at radius 2 is 1.75 bits per heavy atom. The van der Waals surface area contributed by atoms with Crippen molar-refractivity contribution in [2.45, 2.75) is 30.8 Å². The molecule has 1 aliphatic rings. The predicted octanol–water partition coefficient (Wildman–Crippen LogP) is 5.04. The number of benzene rings is 3. The fraction of sp³-hybridized carbons (Fsp3) is 0.185. The van der Waals surface area contributed by atoms with Crippen molar-refractivity contribution in [3.63, 3.8) is 0 Å². The average Bonchev–Trinajstić information content (AvgIpc) is 3.51. The topological polar surface area (TPSA) is 95.3 Å². The fourth-order valence-corrected chi connectivity index (χ4v) is 4.63. The molecular weight excluding hydrogens is 476 g/mol. The van der Waals surface area contributed by atoms with E-state index in [2.05, 4.69) is 15.5 Å². The van der Waals surface area contributed by atoms with Crippen molar-refractivity contribution in [1.29, 1.82) is 0 Å². The van der Waals surface area contributed by atoms with E-state index in [1.807, 2.05) is 60.0 Å². The smallest absolute Gasteiger partial charge is 0.237 e. The van der Waals surface area contributed by atoms with Crippen LogP contribution in [0.25, 0.3) is 11.4 Å². The van der Waals surface area contributed by atoms with Gasteiger partial charge < -0.3 is 14.8 Å². The normalized spacial score (nSPS) is 12.8. The van der Waals surface area contributed by atoms with Crippen LogP contribution in [0.4, 0.5) is 5.69 Å². The molecule has 2 heterocycles. The van der Waals surface area contributed by atoms with E-state index in [4.69, 9.17) is 9.47 Å². The first-order chi connectivity index (χ1) is 17.5. The number of carbonyl (C=O) groups excluding carboxylic acids is 2. The van der Waals surface area contributed by atoms with E-state index < -0.39 is 5.25 Å². The average molecular weight is 501 g/mol. The molecule has 1 amide bonds. The Bertz CT molecular complexity index is 1400. The van der Waals surface area contributed by atoms with Gasteiger partial charge >= 0.3 is 0 Å². The van der Waals surface area contributed by atoms with E-state index in [0.29, 0.717) is 34.5 Å². The Hall–Kier alpha value is -4.11. The molecule has 0 radical (unpaired) electrons. The van der Waals surface area contributed by atoms with E-state index >= 15 is 0 Å². The van der Waals surface area contributed by atoms with Crippen molar-refractivity contribution in [2.24, 2.45) is 0 Å². The summed E-state index contributed by atoms with van der Waals surface area (Å²) in [5.41, 5.74) is 3.16. The summed E-state index contributed by atoms with van der Waals surface area (Å²) in [4.78, 5) is 24.4. The number of rotatable bonds is 8. The first-order valence-electron chi connectivity index (χ1n) is 11.4. The SMILES string of the molecule is CC(=O)c1ccc(NC(=O)[C@@H](C)Sc2nnc(-c3ccccc3)n2Cc2ccc3c(c2)OCO3)cc1. The maximum Gasteiger partial charge on any atom is 0.237 e. The van der Waals surface area contributed by atoms with Crippen LogP contribution >= 0.6 is 11.8 Å². The Kier molecular flexibility index (Phi) is 6.73. The number of nitrogens with zero attached hydrogens (tertiary/aromatic N) is 3. The van der Waals surface area contributed by atoms with Crippen molar-refractivity contribution in [2.75, 3.05) is 12.1 Å². The number of ether oxygens (including phenoxy) is 2. The van der Waals surface area contributed by atoms with Gasteiger partial charge in [-0.2, -0.15) is 0 Å². The second-order valence-corrected chi connectivity index (χ2v) is 9.64. The van der Waals surface area contributed by atoms with Crippen LogP contribution in [-0.2, 0) is 11.3 Å². The lowest BCUT2D eigenvalue weighted by Gasteiger charge is -2.14. The molecule has 5 rings (SSSR count). The molecule has 4 aromatic rings. The van der Waals surface area contributed by atoms with E-state index in [9.17, 15) is 9.59 Å². The lowest BCUT2D eigenvalue weighted by atomic mass is 10.1. The summed E-state index contributed by atoms with van der Waals surface area (Å²) in [6.07, 6.45) is 0. The Balaban J connectivity index is 1.37. The molecule has 3 aromatic carbocycles. The minimum absolute atomic E-state index is 0.0205. The van der Waals surface area contributed by atoms with Gasteiger partial charge in [0, 0.05) is 16.8 Å². The standard InChI is InChI=1S/C27H24N4O4S/c1-17(32)20-9-11-22(12-10-20)28-26(33)18(2)36-27-30-29-25(21-6-4-3-5-7-21)31(27)15-19-8-13-23-24(14-19)35-16-34-23/h3-14,18H,15-16H2,1-2H3,(H,28,33)/t18-/m1/s1. The van der Waals surface area contributed by atoms with Crippen LogP contribution in [0, 0.1) is 0 Å². The highest BCUT2D eigenvalue weighted by atomic mass is 32.2. The molecule has 0 saturated carbocycles. The summed E-state index contributed by atoms with van der Waals surface area (Å²) in [6, 6.07) is 22.5. The summed E-state index contributed by atoms with van der Waals surface area (Å²) < 4.78 is 13.0. The van der Waals surface area contributed by atoms with Gasteiger partial charge in [0.15, 0.2) is 28.3 Å². The number of fused-ring (bicyclic) bond motifs is 1. The number of thioether (sulfide) groups is 1. The molecule has 8 nitrogen and oxygen atoms in total. The number of ketones is 1. The van der Waals surface area contributed by atoms with Crippen LogP contribution in [0.2, 0.25) is 0 Å². The van der Waals surface area contributed by atoms with Crippen molar-refractivity contribution in [1.82, 2.24) is 14.8 Å². The third-order valence-electron chi connectivity index (χ3n) is 5.74.